The molecule has 1 aliphatic carbocycles. The van der Waals surface area contributed by atoms with E-state index in [1.165, 1.54) is 23.5 Å². The Morgan fingerprint density at radius 2 is 2.03 bits per heavy atom. The standard InChI is InChI=1S/C22H24N6O4S2/c23-13-27-8-6-15(11-27)20(29)25-22-24-18-7-9-28(12-19(18)33-22)21(30)14-2-1-3-17(10-14)34(31,32)26-16-4-5-16/h1-3,10,15-16,26H,4-9,11-12H2,(H,24,25,29)/t15-/m1/s1. The molecule has 3 heterocycles. The molecule has 34 heavy (non-hydrogen) atoms. The van der Waals surface area contributed by atoms with E-state index >= 15 is 0 Å². The number of hydrogen-bond acceptors (Lipinski definition) is 8. The molecule has 0 unspecified atom stereocenters. The topological polar surface area (TPSA) is 136 Å². The first-order chi connectivity index (χ1) is 16.3. The number of carbonyl (C=O) groups is 2. The van der Waals surface area contributed by atoms with Gasteiger partial charge in [0.1, 0.15) is 0 Å². The molecule has 10 nitrogen and oxygen atoms in total. The molecule has 0 bridgehead atoms. The lowest BCUT2D eigenvalue weighted by atomic mass is 10.1. The Morgan fingerprint density at radius 3 is 2.76 bits per heavy atom. The molecule has 1 saturated heterocycles. The SMILES string of the molecule is N#CN1CC[C@@H](C(=O)Nc2nc3c(s2)CN(C(=O)c2cccc(S(=O)(=O)NC4CC4)c2)CC3)C1. The van der Waals surface area contributed by atoms with Crippen molar-refractivity contribution in [1.29, 1.82) is 5.26 Å². The number of fused-ring (bicyclic) bond motifs is 1. The van der Waals surface area contributed by atoms with Gasteiger partial charge < -0.3 is 15.1 Å². The van der Waals surface area contributed by atoms with Crippen LogP contribution in [-0.4, -0.2) is 60.7 Å². The van der Waals surface area contributed by atoms with E-state index in [0.29, 0.717) is 49.7 Å². The number of nitriles is 1. The Morgan fingerprint density at radius 1 is 1.21 bits per heavy atom. The van der Waals surface area contributed by atoms with Crippen LogP contribution in [0.4, 0.5) is 5.13 Å². The molecular formula is C22H24N6O4S2. The molecule has 2 N–H and O–H groups in total. The van der Waals surface area contributed by atoms with Gasteiger partial charge in [-0.1, -0.05) is 17.4 Å². The lowest BCUT2D eigenvalue weighted by Gasteiger charge is -2.26. The number of thiazole rings is 1. The van der Waals surface area contributed by atoms with Crippen molar-refractivity contribution in [2.75, 3.05) is 25.0 Å². The zero-order valence-corrected chi connectivity index (χ0v) is 20.0. The van der Waals surface area contributed by atoms with Crippen LogP contribution in [0.3, 0.4) is 0 Å². The van der Waals surface area contributed by atoms with E-state index in [9.17, 15) is 18.0 Å². The Labute approximate surface area is 201 Å². The van der Waals surface area contributed by atoms with E-state index < -0.39 is 10.0 Å². The number of aromatic nitrogens is 1. The lowest BCUT2D eigenvalue weighted by Crippen LogP contribution is -2.35. The van der Waals surface area contributed by atoms with Gasteiger partial charge in [0.25, 0.3) is 5.91 Å². The van der Waals surface area contributed by atoms with Gasteiger partial charge in [-0.05, 0) is 37.5 Å². The molecule has 3 aliphatic rings. The second kappa shape index (κ2) is 8.98. The van der Waals surface area contributed by atoms with E-state index in [1.54, 1.807) is 21.9 Å². The van der Waals surface area contributed by atoms with Crippen LogP contribution >= 0.6 is 11.3 Å². The summed E-state index contributed by atoms with van der Waals surface area (Å²) < 4.78 is 27.7. The van der Waals surface area contributed by atoms with Crippen LogP contribution in [-0.2, 0) is 27.8 Å². The summed E-state index contributed by atoms with van der Waals surface area (Å²) in [7, 11) is -3.64. The monoisotopic (exact) mass is 500 g/mol. The molecule has 178 valence electrons. The minimum absolute atomic E-state index is 0.00941. The molecule has 0 spiro atoms. The molecule has 5 rings (SSSR count). The largest absolute Gasteiger partial charge is 0.333 e. The van der Waals surface area contributed by atoms with Crippen LogP contribution in [0, 0.1) is 17.4 Å². The van der Waals surface area contributed by atoms with Crippen molar-refractivity contribution in [3.63, 3.8) is 0 Å². The number of sulfonamides is 1. The predicted octanol–water partition coefficient (Wildman–Crippen LogP) is 1.52. The maximum atomic E-state index is 13.1. The lowest BCUT2D eigenvalue weighted by molar-refractivity contribution is -0.119. The third kappa shape index (κ3) is 4.77. The summed E-state index contributed by atoms with van der Waals surface area (Å²) in [5.41, 5.74) is 1.18. The van der Waals surface area contributed by atoms with Gasteiger partial charge in [0.2, 0.25) is 15.9 Å². The smallest absolute Gasteiger partial charge is 0.254 e. The van der Waals surface area contributed by atoms with Crippen LogP contribution < -0.4 is 10.0 Å². The van der Waals surface area contributed by atoms with Crippen LogP contribution in [0.5, 0.6) is 0 Å². The number of anilines is 1. The Hall–Kier alpha value is -3.01. The predicted molar refractivity (Wildman–Crippen MR) is 124 cm³/mol. The van der Waals surface area contributed by atoms with E-state index in [0.717, 1.165) is 23.4 Å². The van der Waals surface area contributed by atoms with E-state index in [2.05, 4.69) is 21.2 Å². The number of nitrogens with zero attached hydrogens (tertiary/aromatic N) is 4. The molecule has 12 heteroatoms. The summed E-state index contributed by atoms with van der Waals surface area (Å²) in [5, 5.41) is 12.3. The fourth-order valence-corrected chi connectivity index (χ4v) is 6.54. The molecule has 1 aromatic carbocycles. The quantitative estimate of drug-likeness (QED) is 0.574. The van der Waals surface area contributed by atoms with Gasteiger partial charge in [0.05, 0.1) is 23.1 Å². The average Bonchev–Trinajstić information content (AvgIpc) is 3.34. The molecule has 1 atom stereocenters. The summed E-state index contributed by atoms with van der Waals surface area (Å²) in [6, 6.07) is 6.12. The number of amides is 2. The summed E-state index contributed by atoms with van der Waals surface area (Å²) in [6.45, 7) is 1.81. The van der Waals surface area contributed by atoms with Crippen molar-refractivity contribution in [3.8, 4) is 6.19 Å². The highest BCUT2D eigenvalue weighted by Crippen LogP contribution is 2.30. The van der Waals surface area contributed by atoms with Crippen LogP contribution in [0.25, 0.3) is 0 Å². The molecule has 2 fully saturated rings. The first-order valence-corrected chi connectivity index (χ1v) is 13.5. The zero-order chi connectivity index (χ0) is 23.9. The van der Waals surface area contributed by atoms with Crippen molar-refractivity contribution in [1.82, 2.24) is 19.5 Å². The number of nitrogens with one attached hydrogen (secondary N) is 2. The molecule has 1 aromatic heterocycles. The van der Waals surface area contributed by atoms with E-state index in [1.807, 2.05) is 0 Å². The summed E-state index contributed by atoms with van der Waals surface area (Å²) in [4.78, 5) is 34.4. The summed E-state index contributed by atoms with van der Waals surface area (Å²) in [5.74, 6) is -0.623. The second-order valence-corrected chi connectivity index (χ2v) is 11.6. The van der Waals surface area contributed by atoms with Gasteiger partial charge >= 0.3 is 0 Å². The fourth-order valence-electron chi connectivity index (χ4n) is 4.16. The highest BCUT2D eigenvalue weighted by atomic mass is 32.2. The fraction of sp³-hybridized carbons (Fsp3) is 0.455. The minimum Gasteiger partial charge on any atom is -0.333 e. The maximum Gasteiger partial charge on any atom is 0.254 e. The first kappa shape index (κ1) is 22.8. The van der Waals surface area contributed by atoms with E-state index in [-0.39, 0.29) is 28.7 Å². The Kier molecular flexibility index (Phi) is 6.01. The summed E-state index contributed by atoms with van der Waals surface area (Å²) in [6.07, 6.45) is 4.94. The Balaban J connectivity index is 1.25. The third-order valence-electron chi connectivity index (χ3n) is 6.24. The number of carbonyl (C=O) groups excluding carboxylic acids is 2. The Bertz CT molecular complexity index is 1280. The highest BCUT2D eigenvalue weighted by Gasteiger charge is 2.31. The van der Waals surface area contributed by atoms with Crippen molar-refractivity contribution in [2.45, 2.75) is 43.2 Å². The van der Waals surface area contributed by atoms with E-state index in [4.69, 9.17) is 5.26 Å². The highest BCUT2D eigenvalue weighted by molar-refractivity contribution is 7.89. The van der Waals surface area contributed by atoms with Crippen molar-refractivity contribution >= 4 is 38.3 Å². The summed E-state index contributed by atoms with van der Waals surface area (Å²) >= 11 is 1.35. The molecule has 2 aliphatic heterocycles. The van der Waals surface area contributed by atoms with Crippen molar-refractivity contribution in [2.24, 2.45) is 5.92 Å². The van der Waals surface area contributed by atoms with Gasteiger partial charge in [0.15, 0.2) is 11.3 Å². The van der Waals surface area contributed by atoms with Crippen LogP contribution in [0.2, 0.25) is 0 Å². The number of hydrogen-bond donors (Lipinski definition) is 2. The third-order valence-corrected chi connectivity index (χ3v) is 8.76. The first-order valence-electron chi connectivity index (χ1n) is 11.2. The second-order valence-electron chi connectivity index (χ2n) is 8.81. The van der Waals surface area contributed by atoms with Gasteiger partial charge in [0, 0.05) is 42.5 Å². The van der Waals surface area contributed by atoms with Crippen LogP contribution in [0.1, 0.15) is 40.2 Å². The molecule has 2 aromatic rings. The van der Waals surface area contributed by atoms with Gasteiger partial charge in [-0.2, -0.15) is 5.26 Å². The number of benzene rings is 1. The van der Waals surface area contributed by atoms with Crippen molar-refractivity contribution in [3.05, 3.63) is 40.4 Å². The van der Waals surface area contributed by atoms with Gasteiger partial charge in [-0.15, -0.1) is 0 Å². The molecule has 1 saturated carbocycles. The number of rotatable bonds is 6. The van der Waals surface area contributed by atoms with Gasteiger partial charge in [-0.25, -0.2) is 18.1 Å². The maximum absolute atomic E-state index is 13.1. The molecule has 2 amide bonds. The minimum atomic E-state index is -3.64. The molecule has 0 radical (unpaired) electrons. The molecular weight excluding hydrogens is 476 g/mol. The van der Waals surface area contributed by atoms with Crippen molar-refractivity contribution < 1.29 is 18.0 Å². The number of likely N-dealkylation sites (tertiary alicyclic amines) is 1. The van der Waals surface area contributed by atoms with Gasteiger partial charge in [-0.3, -0.25) is 9.59 Å². The van der Waals surface area contributed by atoms with Crippen LogP contribution in [0.15, 0.2) is 29.2 Å². The normalized spacial score (nSPS) is 20.0. The average molecular weight is 501 g/mol. The zero-order valence-electron chi connectivity index (χ0n) is 18.4.